The molecule has 11 heteroatoms. The number of aromatic amines is 1. The largest absolute Gasteiger partial charge is 0.493 e. The summed E-state index contributed by atoms with van der Waals surface area (Å²) >= 11 is 2.60. The molecule has 1 N–H and O–H groups in total. The number of fused-ring (bicyclic) bond motifs is 2. The summed E-state index contributed by atoms with van der Waals surface area (Å²) in [6.45, 7) is -0.219. The first-order valence-corrected chi connectivity index (χ1v) is 11.0. The SMILES string of the molecule is COc1cc(F)c(-n2c(=O)[nH]c3cscc3c2=O)cc1OCc1c(F)ccc2scnc12. The van der Waals surface area contributed by atoms with Gasteiger partial charge in [-0.1, -0.05) is 0 Å². The van der Waals surface area contributed by atoms with Crippen LogP contribution in [0.3, 0.4) is 0 Å². The Morgan fingerprint density at radius 2 is 1.97 bits per heavy atom. The van der Waals surface area contributed by atoms with Gasteiger partial charge in [0.15, 0.2) is 17.3 Å². The molecule has 0 saturated heterocycles. The third kappa shape index (κ3) is 3.26. The molecular formula is C21H13F2N3O4S2. The number of hydrogen-bond donors (Lipinski definition) is 1. The predicted molar refractivity (Wildman–Crippen MR) is 118 cm³/mol. The van der Waals surface area contributed by atoms with Crippen LogP contribution in [0.4, 0.5) is 8.78 Å². The van der Waals surface area contributed by atoms with Crippen LogP contribution >= 0.6 is 22.7 Å². The van der Waals surface area contributed by atoms with Crippen molar-refractivity contribution in [3.8, 4) is 17.2 Å². The minimum atomic E-state index is -0.857. The van der Waals surface area contributed by atoms with Crippen LogP contribution in [0.1, 0.15) is 5.56 Å². The fourth-order valence-electron chi connectivity index (χ4n) is 3.38. The Hall–Kier alpha value is -3.57. The van der Waals surface area contributed by atoms with Crippen molar-refractivity contribution >= 4 is 43.8 Å². The summed E-state index contributed by atoms with van der Waals surface area (Å²) in [5, 5.41) is 3.44. The van der Waals surface area contributed by atoms with E-state index in [1.54, 1.807) is 22.3 Å². The molecule has 0 atom stereocenters. The van der Waals surface area contributed by atoms with Gasteiger partial charge in [0.25, 0.3) is 5.56 Å². The van der Waals surface area contributed by atoms with Gasteiger partial charge < -0.3 is 14.5 Å². The van der Waals surface area contributed by atoms with E-state index in [9.17, 15) is 18.4 Å². The van der Waals surface area contributed by atoms with Gasteiger partial charge in [-0.3, -0.25) is 4.79 Å². The van der Waals surface area contributed by atoms with Crippen molar-refractivity contribution in [3.05, 3.63) is 78.6 Å². The summed E-state index contributed by atoms with van der Waals surface area (Å²) in [4.78, 5) is 32.1. The highest BCUT2D eigenvalue weighted by molar-refractivity contribution is 7.16. The number of halogens is 2. The molecule has 32 heavy (non-hydrogen) atoms. The van der Waals surface area contributed by atoms with Crippen molar-refractivity contribution in [2.24, 2.45) is 0 Å². The average Bonchev–Trinajstić information content (AvgIpc) is 3.44. The van der Waals surface area contributed by atoms with Gasteiger partial charge in [0.1, 0.15) is 12.4 Å². The van der Waals surface area contributed by atoms with Crippen LogP contribution in [0, 0.1) is 11.6 Å². The van der Waals surface area contributed by atoms with E-state index in [0.29, 0.717) is 15.6 Å². The molecule has 0 radical (unpaired) electrons. The molecule has 0 aliphatic heterocycles. The highest BCUT2D eigenvalue weighted by Crippen LogP contribution is 2.33. The molecule has 0 amide bonds. The summed E-state index contributed by atoms with van der Waals surface area (Å²) < 4.78 is 41.7. The van der Waals surface area contributed by atoms with Crippen LogP contribution in [0.5, 0.6) is 11.5 Å². The van der Waals surface area contributed by atoms with Gasteiger partial charge in [0.2, 0.25) is 0 Å². The Labute approximate surface area is 186 Å². The molecule has 0 bridgehead atoms. The summed E-state index contributed by atoms with van der Waals surface area (Å²) in [6, 6.07) is 5.14. The van der Waals surface area contributed by atoms with Crippen molar-refractivity contribution < 1.29 is 18.3 Å². The number of thiazole rings is 1. The molecule has 2 aromatic carbocycles. The summed E-state index contributed by atoms with van der Waals surface area (Å²) in [6.07, 6.45) is 0. The normalized spacial score (nSPS) is 11.3. The number of ether oxygens (including phenoxy) is 2. The molecule has 0 unspecified atom stereocenters. The number of nitrogens with zero attached hydrogens (tertiary/aromatic N) is 2. The topological polar surface area (TPSA) is 86.2 Å². The molecule has 3 heterocycles. The Kier molecular flexibility index (Phi) is 4.98. The number of H-pyrrole nitrogens is 1. The van der Waals surface area contributed by atoms with Crippen LogP contribution in [0.25, 0.3) is 26.8 Å². The third-order valence-electron chi connectivity index (χ3n) is 4.94. The maximum absolute atomic E-state index is 14.9. The molecule has 5 aromatic rings. The van der Waals surface area contributed by atoms with Gasteiger partial charge in [-0.2, -0.15) is 0 Å². The zero-order valence-corrected chi connectivity index (χ0v) is 18.0. The number of rotatable bonds is 5. The maximum atomic E-state index is 14.9. The molecule has 7 nitrogen and oxygen atoms in total. The number of thiophene rings is 1. The molecule has 0 saturated carbocycles. The van der Waals surface area contributed by atoms with Gasteiger partial charge >= 0.3 is 5.69 Å². The average molecular weight is 473 g/mol. The molecule has 162 valence electrons. The first-order chi connectivity index (χ1) is 15.5. The van der Waals surface area contributed by atoms with E-state index >= 15 is 0 Å². The quantitative estimate of drug-likeness (QED) is 0.413. The summed E-state index contributed by atoms with van der Waals surface area (Å²) in [7, 11) is 1.32. The highest BCUT2D eigenvalue weighted by atomic mass is 32.1. The molecular weight excluding hydrogens is 460 g/mol. The summed E-state index contributed by atoms with van der Waals surface area (Å²) in [5.41, 5.74) is 0.889. The molecule has 5 rings (SSSR count). The standard InChI is InChI=1S/C21H13F2N3O4S2/c1-29-16-4-13(23)15(26-20(27)11-7-31-8-14(11)25-21(26)28)5-17(16)30-6-10-12(22)2-3-18-19(10)24-9-32-18/h2-5,7-9H,6H2,1H3,(H,25,28). The number of hydrogen-bond acceptors (Lipinski definition) is 7. The highest BCUT2D eigenvalue weighted by Gasteiger charge is 2.19. The van der Waals surface area contributed by atoms with Crippen LogP contribution in [-0.4, -0.2) is 21.6 Å². The maximum Gasteiger partial charge on any atom is 0.333 e. The lowest BCUT2D eigenvalue weighted by atomic mass is 10.2. The van der Waals surface area contributed by atoms with E-state index in [0.717, 1.165) is 10.8 Å². The number of nitrogens with one attached hydrogen (secondary N) is 1. The van der Waals surface area contributed by atoms with E-state index in [1.165, 1.54) is 41.9 Å². The smallest absolute Gasteiger partial charge is 0.333 e. The lowest BCUT2D eigenvalue weighted by Gasteiger charge is -2.14. The van der Waals surface area contributed by atoms with Crippen molar-refractivity contribution in [1.29, 1.82) is 0 Å². The minimum Gasteiger partial charge on any atom is -0.493 e. The second-order valence-corrected chi connectivity index (χ2v) is 8.37. The molecule has 0 aliphatic rings. The van der Waals surface area contributed by atoms with E-state index in [4.69, 9.17) is 9.47 Å². The van der Waals surface area contributed by atoms with Crippen molar-refractivity contribution in [2.45, 2.75) is 6.61 Å². The molecule has 0 fully saturated rings. The van der Waals surface area contributed by atoms with E-state index in [1.807, 2.05) is 0 Å². The van der Waals surface area contributed by atoms with Gasteiger partial charge in [-0.25, -0.2) is 23.1 Å². The monoisotopic (exact) mass is 473 g/mol. The predicted octanol–water partition coefficient (Wildman–Crippen LogP) is 4.22. The Morgan fingerprint density at radius 3 is 2.78 bits per heavy atom. The Bertz CT molecular complexity index is 1600. The van der Waals surface area contributed by atoms with E-state index in [2.05, 4.69) is 9.97 Å². The second-order valence-electron chi connectivity index (χ2n) is 6.74. The zero-order chi connectivity index (χ0) is 22.4. The van der Waals surface area contributed by atoms with Crippen molar-refractivity contribution in [3.63, 3.8) is 0 Å². The van der Waals surface area contributed by atoms with Gasteiger partial charge in [-0.15, -0.1) is 22.7 Å². The molecule has 3 aromatic heterocycles. The number of aromatic nitrogens is 3. The fraction of sp³-hybridized carbons (Fsp3) is 0.0952. The van der Waals surface area contributed by atoms with Crippen LogP contribution in [-0.2, 0) is 6.61 Å². The van der Waals surface area contributed by atoms with Gasteiger partial charge in [0, 0.05) is 22.9 Å². The third-order valence-corrected chi connectivity index (χ3v) is 6.47. The molecule has 0 aliphatic carbocycles. The molecule has 0 spiro atoms. The second kappa shape index (κ2) is 7.84. The number of benzene rings is 2. The number of methoxy groups -OCH3 is 1. The lowest BCUT2D eigenvalue weighted by molar-refractivity contribution is 0.279. The van der Waals surface area contributed by atoms with Crippen molar-refractivity contribution in [1.82, 2.24) is 14.5 Å². The van der Waals surface area contributed by atoms with E-state index < -0.39 is 22.9 Å². The zero-order valence-electron chi connectivity index (χ0n) is 16.3. The van der Waals surface area contributed by atoms with Crippen LogP contribution in [0.2, 0.25) is 0 Å². The first-order valence-electron chi connectivity index (χ1n) is 9.20. The summed E-state index contributed by atoms with van der Waals surface area (Å²) in [5.74, 6) is -1.30. The van der Waals surface area contributed by atoms with Gasteiger partial charge in [0.05, 0.1) is 45.0 Å². The van der Waals surface area contributed by atoms with Gasteiger partial charge in [-0.05, 0) is 12.1 Å². The van der Waals surface area contributed by atoms with Crippen LogP contribution < -0.4 is 20.7 Å². The fourth-order valence-corrected chi connectivity index (χ4v) is 4.84. The Balaban J connectivity index is 1.61. The minimum absolute atomic E-state index is 0.0261. The van der Waals surface area contributed by atoms with Crippen LogP contribution in [0.15, 0.2) is 50.1 Å². The van der Waals surface area contributed by atoms with Crippen molar-refractivity contribution in [2.75, 3.05) is 7.11 Å². The lowest BCUT2D eigenvalue weighted by Crippen LogP contribution is -2.33. The first kappa shape index (κ1) is 20.3. The Morgan fingerprint density at radius 1 is 1.12 bits per heavy atom. The van der Waals surface area contributed by atoms with E-state index in [-0.39, 0.29) is 34.7 Å².